The van der Waals surface area contributed by atoms with Crippen molar-refractivity contribution in [2.75, 3.05) is 11.4 Å². The van der Waals surface area contributed by atoms with Gasteiger partial charge < -0.3 is 10.0 Å². The molecule has 0 saturated carbocycles. The summed E-state index contributed by atoms with van der Waals surface area (Å²) in [6.45, 7) is 5.96. The number of anilines is 1. The zero-order valence-electron chi connectivity index (χ0n) is 11.4. The number of rotatable bonds is 5. The number of aryl methyl sites for hydroxylation is 1. The second-order valence-electron chi connectivity index (χ2n) is 4.70. The monoisotopic (exact) mass is 262 g/mol. The number of hydrogen-bond donors (Lipinski definition) is 1. The predicted octanol–water partition coefficient (Wildman–Crippen LogP) is 1.73. The third-order valence-electron chi connectivity index (χ3n) is 3.23. The molecule has 1 unspecified atom stereocenters. The van der Waals surface area contributed by atoms with Gasteiger partial charge in [-0.3, -0.25) is 4.79 Å². The van der Waals surface area contributed by atoms with E-state index in [1.165, 1.54) is 6.33 Å². The molecule has 2 aromatic rings. The van der Waals surface area contributed by atoms with E-state index in [4.69, 9.17) is 5.11 Å². The van der Waals surface area contributed by atoms with Gasteiger partial charge in [-0.15, -0.1) is 0 Å². The Bertz CT molecular complexity index is 593. The van der Waals surface area contributed by atoms with Gasteiger partial charge in [-0.2, -0.15) is 9.61 Å². The van der Waals surface area contributed by atoms with Gasteiger partial charge in [0, 0.05) is 6.04 Å². The molecular weight excluding hydrogens is 244 g/mol. The van der Waals surface area contributed by atoms with E-state index in [-0.39, 0.29) is 12.6 Å². The molecule has 2 heterocycles. The second-order valence-corrected chi connectivity index (χ2v) is 4.70. The Morgan fingerprint density at radius 3 is 2.89 bits per heavy atom. The maximum Gasteiger partial charge on any atom is 0.323 e. The summed E-state index contributed by atoms with van der Waals surface area (Å²) in [7, 11) is 0. The standard InChI is InChI=1S/C13H18N4O2/c1-4-10(3)16(7-13(18)19)12-6-9(2)5-11-14-8-15-17(11)12/h5-6,8,10H,4,7H2,1-3H3,(H,18,19). The Kier molecular flexibility index (Phi) is 3.69. The molecule has 19 heavy (non-hydrogen) atoms. The smallest absolute Gasteiger partial charge is 0.323 e. The third kappa shape index (κ3) is 2.67. The maximum atomic E-state index is 11.1. The number of aromatic nitrogens is 3. The van der Waals surface area contributed by atoms with Gasteiger partial charge in [0.2, 0.25) is 0 Å². The topological polar surface area (TPSA) is 70.7 Å². The number of nitrogens with zero attached hydrogens (tertiary/aromatic N) is 4. The molecule has 6 nitrogen and oxygen atoms in total. The Morgan fingerprint density at radius 2 is 2.26 bits per heavy atom. The molecule has 1 atom stereocenters. The molecule has 102 valence electrons. The van der Waals surface area contributed by atoms with Crippen molar-refractivity contribution in [1.29, 1.82) is 0 Å². The number of pyridine rings is 1. The molecule has 0 aliphatic heterocycles. The van der Waals surface area contributed by atoms with E-state index in [1.54, 1.807) is 4.52 Å². The number of carbonyl (C=O) groups is 1. The zero-order chi connectivity index (χ0) is 14.0. The average Bonchev–Trinajstić information content (AvgIpc) is 2.81. The van der Waals surface area contributed by atoms with Crippen LogP contribution < -0.4 is 4.90 Å². The number of carboxylic acids is 1. The molecule has 0 aliphatic carbocycles. The van der Waals surface area contributed by atoms with Gasteiger partial charge in [-0.25, -0.2) is 4.98 Å². The molecule has 0 amide bonds. The Labute approximate surface area is 111 Å². The van der Waals surface area contributed by atoms with Gasteiger partial charge in [-0.05, 0) is 38.0 Å². The van der Waals surface area contributed by atoms with Crippen molar-refractivity contribution in [2.45, 2.75) is 33.2 Å². The minimum atomic E-state index is -0.852. The summed E-state index contributed by atoms with van der Waals surface area (Å²) in [5.74, 6) is -0.0840. The molecule has 0 saturated heterocycles. The van der Waals surface area contributed by atoms with Gasteiger partial charge in [0.15, 0.2) is 5.65 Å². The first-order valence-corrected chi connectivity index (χ1v) is 6.31. The molecule has 0 aromatic carbocycles. The van der Waals surface area contributed by atoms with Gasteiger partial charge in [-0.1, -0.05) is 6.92 Å². The minimum absolute atomic E-state index is 0.0482. The fraction of sp³-hybridized carbons (Fsp3) is 0.462. The summed E-state index contributed by atoms with van der Waals surface area (Å²) < 4.78 is 1.68. The Balaban J connectivity index is 2.54. The third-order valence-corrected chi connectivity index (χ3v) is 3.23. The van der Waals surface area contributed by atoms with Crippen LogP contribution >= 0.6 is 0 Å². The van der Waals surface area contributed by atoms with Crippen molar-refractivity contribution in [3.8, 4) is 0 Å². The normalized spacial score (nSPS) is 12.6. The lowest BCUT2D eigenvalue weighted by atomic mass is 10.2. The molecule has 0 aliphatic rings. The van der Waals surface area contributed by atoms with Crippen LogP contribution in [0.5, 0.6) is 0 Å². The van der Waals surface area contributed by atoms with E-state index in [9.17, 15) is 4.79 Å². The van der Waals surface area contributed by atoms with E-state index in [0.29, 0.717) is 0 Å². The maximum absolute atomic E-state index is 11.1. The highest BCUT2D eigenvalue weighted by molar-refractivity contribution is 5.74. The largest absolute Gasteiger partial charge is 0.480 e. The van der Waals surface area contributed by atoms with Crippen LogP contribution in [0, 0.1) is 6.92 Å². The summed E-state index contributed by atoms with van der Waals surface area (Å²) in [5.41, 5.74) is 1.77. The summed E-state index contributed by atoms with van der Waals surface area (Å²) in [5, 5.41) is 13.3. The van der Waals surface area contributed by atoms with Gasteiger partial charge in [0.05, 0.1) is 0 Å². The van der Waals surface area contributed by atoms with Crippen molar-refractivity contribution in [1.82, 2.24) is 14.6 Å². The second kappa shape index (κ2) is 5.26. The van der Waals surface area contributed by atoms with Gasteiger partial charge in [0.25, 0.3) is 0 Å². The highest BCUT2D eigenvalue weighted by Crippen LogP contribution is 2.21. The summed E-state index contributed by atoms with van der Waals surface area (Å²) in [6, 6.07) is 3.98. The van der Waals surface area contributed by atoms with Crippen LogP contribution in [0.15, 0.2) is 18.5 Å². The van der Waals surface area contributed by atoms with Crippen LogP contribution in [0.1, 0.15) is 25.8 Å². The number of hydrogen-bond acceptors (Lipinski definition) is 4. The average molecular weight is 262 g/mol. The lowest BCUT2D eigenvalue weighted by molar-refractivity contribution is -0.135. The minimum Gasteiger partial charge on any atom is -0.480 e. The van der Waals surface area contributed by atoms with Crippen molar-refractivity contribution >= 4 is 17.4 Å². The first-order chi connectivity index (χ1) is 9.02. The van der Waals surface area contributed by atoms with Crippen molar-refractivity contribution < 1.29 is 9.90 Å². The van der Waals surface area contributed by atoms with Crippen LogP contribution in [0.3, 0.4) is 0 Å². The molecule has 0 radical (unpaired) electrons. The lowest BCUT2D eigenvalue weighted by Gasteiger charge is -2.29. The van der Waals surface area contributed by atoms with Gasteiger partial charge in [0.1, 0.15) is 18.7 Å². The Morgan fingerprint density at radius 1 is 1.53 bits per heavy atom. The molecule has 2 aromatic heterocycles. The highest BCUT2D eigenvalue weighted by atomic mass is 16.4. The molecule has 0 spiro atoms. The fourth-order valence-corrected chi connectivity index (χ4v) is 2.07. The molecule has 0 fully saturated rings. The van der Waals surface area contributed by atoms with Crippen LogP contribution in [0.2, 0.25) is 0 Å². The molecule has 1 N–H and O–H groups in total. The number of carboxylic acid groups (broad SMARTS) is 1. The summed E-state index contributed by atoms with van der Waals surface area (Å²) in [4.78, 5) is 17.1. The zero-order valence-corrected chi connectivity index (χ0v) is 11.4. The van der Waals surface area contributed by atoms with Crippen LogP contribution in [-0.2, 0) is 4.79 Å². The first-order valence-electron chi connectivity index (χ1n) is 6.31. The van der Waals surface area contributed by atoms with Crippen molar-refractivity contribution in [3.05, 3.63) is 24.0 Å². The van der Waals surface area contributed by atoms with E-state index < -0.39 is 5.97 Å². The number of fused-ring (bicyclic) bond motifs is 1. The quantitative estimate of drug-likeness (QED) is 0.888. The van der Waals surface area contributed by atoms with E-state index in [0.717, 1.165) is 23.4 Å². The molecular formula is C13H18N4O2. The number of aliphatic carboxylic acids is 1. The van der Waals surface area contributed by atoms with Crippen LogP contribution in [-0.4, -0.2) is 38.3 Å². The first kappa shape index (κ1) is 13.3. The van der Waals surface area contributed by atoms with E-state index in [1.807, 2.05) is 37.8 Å². The SMILES string of the molecule is CCC(C)N(CC(=O)O)c1cc(C)cc2ncnn12. The van der Waals surface area contributed by atoms with Crippen molar-refractivity contribution in [3.63, 3.8) is 0 Å². The van der Waals surface area contributed by atoms with E-state index in [2.05, 4.69) is 10.1 Å². The van der Waals surface area contributed by atoms with Crippen LogP contribution in [0.25, 0.3) is 5.65 Å². The fourth-order valence-electron chi connectivity index (χ4n) is 2.07. The summed E-state index contributed by atoms with van der Waals surface area (Å²) in [6.07, 6.45) is 2.34. The molecule has 6 heteroatoms. The molecule has 2 rings (SSSR count). The Hall–Kier alpha value is -2.11. The van der Waals surface area contributed by atoms with Gasteiger partial charge >= 0.3 is 5.97 Å². The summed E-state index contributed by atoms with van der Waals surface area (Å²) >= 11 is 0. The predicted molar refractivity (Wildman–Crippen MR) is 72.5 cm³/mol. The van der Waals surface area contributed by atoms with Crippen LogP contribution in [0.4, 0.5) is 5.82 Å². The molecule has 0 bridgehead atoms. The van der Waals surface area contributed by atoms with Crippen molar-refractivity contribution in [2.24, 2.45) is 0 Å². The lowest BCUT2D eigenvalue weighted by Crippen LogP contribution is -2.38. The highest BCUT2D eigenvalue weighted by Gasteiger charge is 2.19. The van der Waals surface area contributed by atoms with E-state index >= 15 is 0 Å².